The number of rotatable bonds is 1. The van der Waals surface area contributed by atoms with Crippen molar-refractivity contribution in [3.63, 3.8) is 0 Å². The largest absolute Gasteiger partial charge is 0.497 e. The second-order valence-corrected chi connectivity index (χ2v) is 2.02. The monoisotopic (exact) mass is 182 g/mol. The van der Waals surface area contributed by atoms with Crippen LogP contribution in [0.5, 0.6) is 5.75 Å². The molecule has 0 radical (unpaired) electrons. The van der Waals surface area contributed by atoms with Gasteiger partial charge in [-0.15, -0.1) is 0 Å². The maximum Gasteiger partial charge on any atom is 0.119 e. The van der Waals surface area contributed by atoms with Crippen LogP contribution >= 0.6 is 0 Å². The average molecular weight is 182 g/mol. The number of aryl methyl sites for hydroxylation is 1. The molecule has 0 aromatic heterocycles. The summed E-state index contributed by atoms with van der Waals surface area (Å²) in [4.78, 5) is 0. The predicted molar refractivity (Wildman–Crippen MR) is 60.4 cm³/mol. The summed E-state index contributed by atoms with van der Waals surface area (Å²) in [5.74, 6) is 0.926. The summed E-state index contributed by atoms with van der Waals surface area (Å²) in [5.41, 5.74) is 1.23. The highest BCUT2D eigenvalue weighted by atomic mass is 16.5. The molecule has 13 heavy (non-hydrogen) atoms. The minimum absolute atomic E-state index is 0.926. The third-order valence-electron chi connectivity index (χ3n) is 1.23. The number of hydrogen-bond donors (Lipinski definition) is 0. The zero-order valence-electron chi connectivity index (χ0n) is 9.72. The Bertz CT molecular complexity index is 194. The minimum atomic E-state index is 0.926. The lowest BCUT2D eigenvalue weighted by atomic mass is 10.2. The van der Waals surface area contributed by atoms with E-state index in [9.17, 15) is 0 Å². The Hall–Kier alpha value is -0.980. The molecular formula is C12H22O. The molecule has 0 amide bonds. The van der Waals surface area contributed by atoms with E-state index < -0.39 is 0 Å². The van der Waals surface area contributed by atoms with Gasteiger partial charge in [0.2, 0.25) is 0 Å². The summed E-state index contributed by atoms with van der Waals surface area (Å²) in [6.45, 7) is 10.0. The Labute approximate surface area is 82.7 Å². The maximum atomic E-state index is 5.00. The van der Waals surface area contributed by atoms with Gasteiger partial charge in [0, 0.05) is 0 Å². The van der Waals surface area contributed by atoms with Crippen LogP contribution in [0.3, 0.4) is 0 Å². The first-order valence-corrected chi connectivity index (χ1v) is 4.93. The molecule has 0 aliphatic heterocycles. The fourth-order valence-electron chi connectivity index (χ4n) is 0.742. The lowest BCUT2D eigenvalue weighted by Crippen LogP contribution is -1.81. The van der Waals surface area contributed by atoms with Crippen LogP contribution in [0, 0.1) is 6.92 Å². The van der Waals surface area contributed by atoms with Crippen LogP contribution in [0.2, 0.25) is 0 Å². The zero-order chi connectivity index (χ0) is 10.7. The Morgan fingerprint density at radius 2 is 1.54 bits per heavy atom. The standard InChI is InChI=1S/C8H10O.2C2H6/c1-7-4-3-5-8(6-7)9-2;2*1-2/h3-6H,1-2H3;2*1-2H3. The number of benzene rings is 1. The highest BCUT2D eigenvalue weighted by Gasteiger charge is 1.86. The molecule has 1 aromatic carbocycles. The molecule has 1 rings (SSSR count). The van der Waals surface area contributed by atoms with Crippen LogP contribution in [0.15, 0.2) is 24.3 Å². The second-order valence-electron chi connectivity index (χ2n) is 2.02. The van der Waals surface area contributed by atoms with Gasteiger partial charge in [0.25, 0.3) is 0 Å². The van der Waals surface area contributed by atoms with E-state index in [4.69, 9.17) is 4.74 Å². The van der Waals surface area contributed by atoms with E-state index in [0.717, 1.165) is 5.75 Å². The van der Waals surface area contributed by atoms with Gasteiger partial charge in [-0.05, 0) is 24.6 Å². The van der Waals surface area contributed by atoms with E-state index in [0.29, 0.717) is 0 Å². The first-order chi connectivity index (χ1) is 6.33. The van der Waals surface area contributed by atoms with Gasteiger partial charge in [0.05, 0.1) is 7.11 Å². The molecule has 1 heteroatoms. The van der Waals surface area contributed by atoms with Crippen LogP contribution in [-0.4, -0.2) is 7.11 Å². The van der Waals surface area contributed by atoms with Crippen molar-refractivity contribution in [1.29, 1.82) is 0 Å². The summed E-state index contributed by atoms with van der Waals surface area (Å²) in [7, 11) is 1.68. The molecule has 76 valence electrons. The third kappa shape index (κ3) is 7.38. The lowest BCUT2D eigenvalue weighted by Gasteiger charge is -1.97. The third-order valence-corrected chi connectivity index (χ3v) is 1.23. The van der Waals surface area contributed by atoms with Crippen LogP contribution in [0.25, 0.3) is 0 Å². The smallest absolute Gasteiger partial charge is 0.119 e. The number of ether oxygens (including phenoxy) is 1. The molecule has 0 bridgehead atoms. The average Bonchev–Trinajstić information content (AvgIpc) is 2.24. The molecule has 0 aliphatic carbocycles. The Kier molecular flexibility index (Phi) is 12.3. The van der Waals surface area contributed by atoms with Gasteiger partial charge in [0.1, 0.15) is 5.75 Å². The molecule has 1 aromatic rings. The molecule has 0 heterocycles. The Morgan fingerprint density at radius 1 is 1.00 bits per heavy atom. The van der Waals surface area contributed by atoms with E-state index in [-0.39, 0.29) is 0 Å². The van der Waals surface area contributed by atoms with Crippen molar-refractivity contribution >= 4 is 0 Å². The molecular weight excluding hydrogens is 160 g/mol. The second kappa shape index (κ2) is 11.0. The van der Waals surface area contributed by atoms with Crippen molar-refractivity contribution in [2.45, 2.75) is 34.6 Å². The molecule has 0 aliphatic rings. The van der Waals surface area contributed by atoms with E-state index in [2.05, 4.69) is 0 Å². The Morgan fingerprint density at radius 3 is 1.85 bits per heavy atom. The summed E-state index contributed by atoms with van der Waals surface area (Å²) in [6.07, 6.45) is 0. The van der Waals surface area contributed by atoms with E-state index in [1.54, 1.807) is 7.11 Å². The molecule has 0 saturated carbocycles. The maximum absolute atomic E-state index is 5.00. The van der Waals surface area contributed by atoms with Crippen molar-refractivity contribution in [3.8, 4) is 5.75 Å². The molecule has 0 atom stereocenters. The first-order valence-electron chi connectivity index (χ1n) is 4.93. The van der Waals surface area contributed by atoms with Crippen molar-refractivity contribution in [2.24, 2.45) is 0 Å². The molecule has 0 fully saturated rings. The van der Waals surface area contributed by atoms with Crippen LogP contribution < -0.4 is 4.74 Å². The van der Waals surface area contributed by atoms with Gasteiger partial charge < -0.3 is 4.74 Å². The molecule has 0 unspecified atom stereocenters. The van der Waals surface area contributed by atoms with E-state index >= 15 is 0 Å². The van der Waals surface area contributed by atoms with Crippen LogP contribution in [0.1, 0.15) is 33.3 Å². The fraction of sp³-hybridized carbons (Fsp3) is 0.500. The first kappa shape index (κ1) is 14.5. The highest BCUT2D eigenvalue weighted by Crippen LogP contribution is 2.10. The van der Waals surface area contributed by atoms with Gasteiger partial charge in [-0.25, -0.2) is 0 Å². The van der Waals surface area contributed by atoms with E-state index in [1.165, 1.54) is 5.56 Å². The van der Waals surface area contributed by atoms with E-state index in [1.807, 2.05) is 58.9 Å². The lowest BCUT2D eigenvalue weighted by molar-refractivity contribution is 0.414. The van der Waals surface area contributed by atoms with Gasteiger partial charge in [-0.3, -0.25) is 0 Å². The van der Waals surface area contributed by atoms with Crippen molar-refractivity contribution in [3.05, 3.63) is 29.8 Å². The summed E-state index contributed by atoms with van der Waals surface area (Å²) in [6, 6.07) is 7.96. The normalized spacial score (nSPS) is 7.23. The SMILES string of the molecule is CC.CC.COc1cccc(C)c1. The van der Waals surface area contributed by atoms with Crippen molar-refractivity contribution in [1.82, 2.24) is 0 Å². The topological polar surface area (TPSA) is 9.23 Å². The number of methoxy groups -OCH3 is 1. The predicted octanol–water partition coefficient (Wildman–Crippen LogP) is 4.06. The highest BCUT2D eigenvalue weighted by molar-refractivity contribution is 5.27. The minimum Gasteiger partial charge on any atom is -0.497 e. The number of hydrogen-bond acceptors (Lipinski definition) is 1. The summed E-state index contributed by atoms with van der Waals surface area (Å²) in [5, 5.41) is 0. The summed E-state index contributed by atoms with van der Waals surface area (Å²) >= 11 is 0. The quantitative estimate of drug-likeness (QED) is 0.636. The molecule has 0 N–H and O–H groups in total. The Balaban J connectivity index is 0. The van der Waals surface area contributed by atoms with Gasteiger partial charge in [0.15, 0.2) is 0 Å². The molecule has 0 spiro atoms. The van der Waals surface area contributed by atoms with Gasteiger partial charge in [-0.2, -0.15) is 0 Å². The van der Waals surface area contributed by atoms with Gasteiger partial charge in [-0.1, -0.05) is 39.8 Å². The van der Waals surface area contributed by atoms with Crippen molar-refractivity contribution < 1.29 is 4.74 Å². The van der Waals surface area contributed by atoms with Crippen LogP contribution in [-0.2, 0) is 0 Å². The fourth-order valence-corrected chi connectivity index (χ4v) is 0.742. The molecule has 0 saturated heterocycles. The van der Waals surface area contributed by atoms with Gasteiger partial charge >= 0.3 is 0 Å². The van der Waals surface area contributed by atoms with Crippen molar-refractivity contribution in [2.75, 3.05) is 7.11 Å². The summed E-state index contributed by atoms with van der Waals surface area (Å²) < 4.78 is 5.00. The molecule has 1 nitrogen and oxygen atoms in total. The zero-order valence-corrected chi connectivity index (χ0v) is 9.72. The van der Waals surface area contributed by atoms with Crippen LogP contribution in [0.4, 0.5) is 0 Å².